The molecule has 0 spiro atoms. The van der Waals surface area contributed by atoms with Gasteiger partial charge in [0.05, 0.1) is 5.56 Å². The molecule has 0 bridgehead atoms. The number of thiophene rings is 1. The van der Waals surface area contributed by atoms with E-state index >= 15 is 0 Å². The fraction of sp³-hybridized carbons (Fsp3) is 0.303. The Balaban J connectivity index is 1.20. The molecular formula is C33H35N3O2S. The molecule has 0 radical (unpaired) electrons. The smallest absolute Gasteiger partial charge is 0.257 e. The zero-order valence-electron chi connectivity index (χ0n) is 22.8. The predicted molar refractivity (Wildman–Crippen MR) is 160 cm³/mol. The maximum absolute atomic E-state index is 13.4. The van der Waals surface area contributed by atoms with E-state index in [0.29, 0.717) is 28.7 Å². The highest BCUT2D eigenvalue weighted by molar-refractivity contribution is 7.08. The minimum absolute atomic E-state index is 0.0106. The second-order valence-corrected chi connectivity index (χ2v) is 11.6. The van der Waals surface area contributed by atoms with Crippen molar-refractivity contribution in [2.45, 2.75) is 46.0 Å². The first-order valence-corrected chi connectivity index (χ1v) is 14.6. The van der Waals surface area contributed by atoms with Crippen LogP contribution in [0.1, 0.15) is 70.1 Å². The molecule has 1 fully saturated rings. The van der Waals surface area contributed by atoms with Crippen molar-refractivity contribution >= 4 is 28.8 Å². The zero-order chi connectivity index (χ0) is 27.4. The number of pyridine rings is 1. The Kier molecular flexibility index (Phi) is 8.22. The van der Waals surface area contributed by atoms with Gasteiger partial charge in [-0.1, -0.05) is 44.2 Å². The normalized spacial score (nSPS) is 14.0. The first-order valence-electron chi connectivity index (χ1n) is 13.7. The largest absolute Gasteiger partial charge is 0.339 e. The number of anilines is 1. The second kappa shape index (κ2) is 12.0. The third-order valence-electron chi connectivity index (χ3n) is 7.46. The zero-order valence-corrected chi connectivity index (χ0v) is 23.6. The Morgan fingerprint density at radius 2 is 1.72 bits per heavy atom. The van der Waals surface area contributed by atoms with Crippen molar-refractivity contribution in [2.75, 3.05) is 18.4 Å². The summed E-state index contributed by atoms with van der Waals surface area (Å²) in [5.41, 5.74) is 7.49. The van der Waals surface area contributed by atoms with Gasteiger partial charge in [0, 0.05) is 36.2 Å². The van der Waals surface area contributed by atoms with Crippen LogP contribution in [0.15, 0.2) is 77.6 Å². The maximum atomic E-state index is 13.4. The predicted octanol–water partition coefficient (Wildman–Crippen LogP) is 7.59. The van der Waals surface area contributed by atoms with E-state index in [1.54, 1.807) is 23.6 Å². The van der Waals surface area contributed by atoms with Crippen molar-refractivity contribution in [3.63, 3.8) is 0 Å². The van der Waals surface area contributed by atoms with Crippen LogP contribution >= 0.6 is 11.3 Å². The number of nitrogens with one attached hydrogen (secondary N) is 1. The van der Waals surface area contributed by atoms with Crippen molar-refractivity contribution in [1.82, 2.24) is 9.88 Å². The summed E-state index contributed by atoms with van der Waals surface area (Å²) in [6.45, 7) is 7.67. The van der Waals surface area contributed by atoms with Crippen LogP contribution in [0.25, 0.3) is 11.1 Å². The van der Waals surface area contributed by atoms with Gasteiger partial charge >= 0.3 is 0 Å². The number of carbonyl (C=O) groups is 2. The number of aryl methyl sites for hydroxylation is 1. The third-order valence-corrected chi connectivity index (χ3v) is 8.14. The molecule has 0 aliphatic carbocycles. The standard InChI is InChI=1S/C33H35N3O2S/c1-22(2)18-30-11-10-28(20-34-30)32(37)35-31-19-27(5-4-23(31)3)33(38)36-15-12-26(13-16-36)24-6-8-25(9-7-24)29-14-17-39-21-29/h4-11,14,17,19-22,26H,12-13,15-16,18H2,1-3H3,(H,35,37). The molecule has 0 unspecified atom stereocenters. The van der Waals surface area contributed by atoms with Gasteiger partial charge < -0.3 is 10.2 Å². The summed E-state index contributed by atoms with van der Waals surface area (Å²) in [4.78, 5) is 32.6. The van der Waals surface area contributed by atoms with Crippen molar-refractivity contribution in [3.8, 4) is 11.1 Å². The van der Waals surface area contributed by atoms with Crippen LogP contribution in [-0.2, 0) is 6.42 Å². The van der Waals surface area contributed by atoms with Crippen molar-refractivity contribution in [3.05, 3.63) is 106 Å². The van der Waals surface area contributed by atoms with Crippen molar-refractivity contribution < 1.29 is 9.59 Å². The van der Waals surface area contributed by atoms with Crippen molar-refractivity contribution in [1.29, 1.82) is 0 Å². The lowest BCUT2D eigenvalue weighted by atomic mass is 9.88. The molecule has 3 heterocycles. The van der Waals surface area contributed by atoms with E-state index in [9.17, 15) is 9.59 Å². The molecule has 39 heavy (non-hydrogen) atoms. The molecule has 0 atom stereocenters. The summed E-state index contributed by atoms with van der Waals surface area (Å²) in [5, 5.41) is 7.25. The van der Waals surface area contributed by atoms with Crippen LogP contribution < -0.4 is 5.32 Å². The number of carbonyl (C=O) groups excluding carboxylic acids is 2. The number of amides is 2. The Morgan fingerprint density at radius 3 is 2.36 bits per heavy atom. The lowest BCUT2D eigenvalue weighted by Crippen LogP contribution is -2.38. The van der Waals surface area contributed by atoms with Gasteiger partial charge in [0.2, 0.25) is 0 Å². The summed E-state index contributed by atoms with van der Waals surface area (Å²) in [7, 11) is 0. The van der Waals surface area contributed by atoms with E-state index in [1.807, 2.05) is 36.1 Å². The topological polar surface area (TPSA) is 62.3 Å². The number of benzene rings is 2. The minimum Gasteiger partial charge on any atom is -0.339 e. The average molecular weight is 538 g/mol. The Hall–Kier alpha value is -3.77. The number of hydrogen-bond donors (Lipinski definition) is 1. The summed E-state index contributed by atoms with van der Waals surface area (Å²) in [6, 6.07) is 20.3. The van der Waals surface area contributed by atoms with Crippen LogP contribution in [0.3, 0.4) is 0 Å². The molecule has 0 saturated carbocycles. The first kappa shape index (κ1) is 26.8. The molecule has 2 aromatic heterocycles. The number of hydrogen-bond acceptors (Lipinski definition) is 4. The van der Waals surface area contributed by atoms with E-state index in [2.05, 4.69) is 65.2 Å². The van der Waals surface area contributed by atoms with E-state index in [-0.39, 0.29) is 11.8 Å². The van der Waals surface area contributed by atoms with Crippen LogP contribution in [-0.4, -0.2) is 34.8 Å². The van der Waals surface area contributed by atoms with Gasteiger partial charge in [0.1, 0.15) is 0 Å². The summed E-state index contributed by atoms with van der Waals surface area (Å²) < 4.78 is 0. The van der Waals surface area contributed by atoms with Crippen LogP contribution in [0.4, 0.5) is 5.69 Å². The van der Waals surface area contributed by atoms with Gasteiger partial charge in [-0.05, 0) is 101 Å². The lowest BCUT2D eigenvalue weighted by molar-refractivity contribution is 0.0712. The quantitative estimate of drug-likeness (QED) is 0.264. The molecule has 4 aromatic rings. The summed E-state index contributed by atoms with van der Waals surface area (Å²) >= 11 is 1.71. The SMILES string of the molecule is Cc1ccc(C(=O)N2CCC(c3ccc(-c4ccsc4)cc3)CC2)cc1NC(=O)c1ccc(CC(C)C)nc1. The van der Waals surface area contributed by atoms with E-state index in [0.717, 1.165) is 43.6 Å². The summed E-state index contributed by atoms with van der Waals surface area (Å²) in [6.07, 6.45) is 4.39. The Morgan fingerprint density at radius 1 is 0.974 bits per heavy atom. The molecule has 5 rings (SSSR count). The second-order valence-electron chi connectivity index (χ2n) is 10.8. The molecular weight excluding hydrogens is 502 g/mol. The fourth-order valence-electron chi connectivity index (χ4n) is 5.16. The highest BCUT2D eigenvalue weighted by Gasteiger charge is 2.25. The first-order chi connectivity index (χ1) is 18.9. The number of piperidine rings is 1. The minimum atomic E-state index is -0.225. The van der Waals surface area contributed by atoms with Crippen LogP contribution in [0.2, 0.25) is 0 Å². The average Bonchev–Trinajstić information content (AvgIpc) is 3.49. The van der Waals surface area contributed by atoms with Crippen LogP contribution in [0.5, 0.6) is 0 Å². The molecule has 1 aliphatic heterocycles. The molecule has 1 saturated heterocycles. The summed E-state index contributed by atoms with van der Waals surface area (Å²) in [5.74, 6) is 0.751. The highest BCUT2D eigenvalue weighted by Crippen LogP contribution is 2.31. The van der Waals surface area contributed by atoms with Crippen LogP contribution in [0, 0.1) is 12.8 Å². The Bertz CT molecular complexity index is 1420. The van der Waals surface area contributed by atoms with E-state index < -0.39 is 0 Å². The monoisotopic (exact) mass is 537 g/mol. The highest BCUT2D eigenvalue weighted by atomic mass is 32.1. The number of nitrogens with zero attached hydrogens (tertiary/aromatic N) is 2. The molecule has 6 heteroatoms. The van der Waals surface area contributed by atoms with Gasteiger partial charge in [0.25, 0.3) is 11.8 Å². The van der Waals surface area contributed by atoms with Crippen molar-refractivity contribution in [2.24, 2.45) is 5.92 Å². The molecule has 2 amide bonds. The number of rotatable bonds is 7. The lowest BCUT2D eigenvalue weighted by Gasteiger charge is -2.32. The van der Waals surface area contributed by atoms with Gasteiger partial charge in [0.15, 0.2) is 0 Å². The van der Waals surface area contributed by atoms with Gasteiger partial charge in [-0.15, -0.1) is 0 Å². The van der Waals surface area contributed by atoms with E-state index in [4.69, 9.17) is 0 Å². The molecule has 5 nitrogen and oxygen atoms in total. The number of aromatic nitrogens is 1. The molecule has 1 N–H and O–H groups in total. The third kappa shape index (κ3) is 6.45. The number of likely N-dealkylation sites (tertiary alicyclic amines) is 1. The Labute approximate surface area is 234 Å². The van der Waals surface area contributed by atoms with E-state index in [1.165, 1.54) is 16.7 Å². The maximum Gasteiger partial charge on any atom is 0.257 e. The molecule has 2 aromatic carbocycles. The van der Waals surface area contributed by atoms with Gasteiger partial charge in [-0.25, -0.2) is 0 Å². The molecule has 200 valence electrons. The van der Waals surface area contributed by atoms with Gasteiger partial charge in [-0.3, -0.25) is 14.6 Å². The van der Waals surface area contributed by atoms with Gasteiger partial charge in [-0.2, -0.15) is 11.3 Å². The molecule has 1 aliphatic rings. The fourth-order valence-corrected chi connectivity index (χ4v) is 5.82.